The standard InChI is InChI=1S/C19H11BrN4/c20-15-7-5-14(6-8-15)18-9-16(17(11-22)19(23)24-18)13-3-1-12(10-21)2-4-13/h1-9H,(H2,23,24). The molecule has 0 bridgehead atoms. The number of aromatic nitrogens is 1. The van der Waals surface area contributed by atoms with E-state index in [4.69, 9.17) is 11.0 Å². The summed E-state index contributed by atoms with van der Waals surface area (Å²) in [5.74, 6) is 0.192. The molecule has 4 nitrogen and oxygen atoms in total. The Bertz CT molecular complexity index is 978. The van der Waals surface area contributed by atoms with Crippen LogP contribution in [0.1, 0.15) is 11.1 Å². The average Bonchev–Trinajstić information content (AvgIpc) is 2.61. The maximum atomic E-state index is 9.43. The second-order valence-electron chi connectivity index (χ2n) is 5.12. The van der Waals surface area contributed by atoms with Gasteiger partial charge in [0.05, 0.1) is 17.3 Å². The summed E-state index contributed by atoms with van der Waals surface area (Å²) in [5, 5.41) is 18.4. The minimum atomic E-state index is 0.192. The van der Waals surface area contributed by atoms with E-state index in [-0.39, 0.29) is 5.82 Å². The van der Waals surface area contributed by atoms with Crippen LogP contribution in [0.15, 0.2) is 59.1 Å². The van der Waals surface area contributed by atoms with E-state index >= 15 is 0 Å². The van der Waals surface area contributed by atoms with Gasteiger partial charge in [0.1, 0.15) is 17.5 Å². The topological polar surface area (TPSA) is 86.5 Å². The molecule has 3 rings (SSSR count). The molecular weight excluding hydrogens is 364 g/mol. The molecule has 0 radical (unpaired) electrons. The van der Waals surface area contributed by atoms with Crippen LogP contribution in [0, 0.1) is 22.7 Å². The molecule has 0 aliphatic carbocycles. The first kappa shape index (κ1) is 15.7. The lowest BCUT2D eigenvalue weighted by Crippen LogP contribution is -1.99. The third-order valence-corrected chi connectivity index (χ3v) is 4.15. The van der Waals surface area contributed by atoms with E-state index in [1.165, 1.54) is 0 Å². The van der Waals surface area contributed by atoms with Crippen LogP contribution in [-0.2, 0) is 0 Å². The van der Waals surface area contributed by atoms with Gasteiger partial charge in [0.15, 0.2) is 0 Å². The van der Waals surface area contributed by atoms with E-state index in [9.17, 15) is 5.26 Å². The summed E-state index contributed by atoms with van der Waals surface area (Å²) in [6.45, 7) is 0. The number of halogens is 1. The highest BCUT2D eigenvalue weighted by molar-refractivity contribution is 9.10. The number of hydrogen-bond acceptors (Lipinski definition) is 4. The predicted molar refractivity (Wildman–Crippen MR) is 96.7 cm³/mol. The number of pyridine rings is 1. The van der Waals surface area contributed by atoms with Gasteiger partial charge < -0.3 is 5.73 Å². The molecular formula is C19H11BrN4. The molecule has 0 aliphatic rings. The largest absolute Gasteiger partial charge is 0.383 e. The van der Waals surface area contributed by atoms with Crippen LogP contribution in [0.25, 0.3) is 22.4 Å². The van der Waals surface area contributed by atoms with Gasteiger partial charge in [-0.2, -0.15) is 10.5 Å². The van der Waals surface area contributed by atoms with Crippen molar-refractivity contribution in [2.45, 2.75) is 0 Å². The maximum Gasteiger partial charge on any atom is 0.142 e. The molecule has 0 saturated heterocycles. The molecule has 0 amide bonds. The fourth-order valence-corrected chi connectivity index (χ4v) is 2.67. The minimum absolute atomic E-state index is 0.192. The molecule has 0 aliphatic heterocycles. The Balaban J connectivity index is 2.18. The maximum absolute atomic E-state index is 9.43. The number of nitriles is 2. The predicted octanol–water partition coefficient (Wildman–Crippen LogP) is 4.50. The lowest BCUT2D eigenvalue weighted by Gasteiger charge is -2.10. The number of rotatable bonds is 2. The molecule has 0 fully saturated rings. The monoisotopic (exact) mass is 374 g/mol. The fraction of sp³-hybridized carbons (Fsp3) is 0. The quantitative estimate of drug-likeness (QED) is 0.714. The second-order valence-corrected chi connectivity index (χ2v) is 6.04. The van der Waals surface area contributed by atoms with Gasteiger partial charge in [-0.1, -0.05) is 40.2 Å². The zero-order valence-electron chi connectivity index (χ0n) is 12.5. The van der Waals surface area contributed by atoms with Crippen LogP contribution in [0.4, 0.5) is 5.82 Å². The van der Waals surface area contributed by atoms with E-state index in [0.717, 1.165) is 15.6 Å². The van der Waals surface area contributed by atoms with Crippen molar-refractivity contribution in [3.05, 3.63) is 70.2 Å². The molecule has 1 heterocycles. The van der Waals surface area contributed by atoms with Crippen LogP contribution in [-0.4, -0.2) is 4.98 Å². The van der Waals surface area contributed by atoms with E-state index in [1.807, 2.05) is 30.3 Å². The Kier molecular flexibility index (Phi) is 4.29. The molecule has 24 heavy (non-hydrogen) atoms. The Labute approximate surface area is 147 Å². The fourth-order valence-electron chi connectivity index (χ4n) is 2.40. The summed E-state index contributed by atoms with van der Waals surface area (Å²) in [7, 11) is 0. The lowest BCUT2D eigenvalue weighted by molar-refractivity contribution is 1.31. The molecule has 1 aromatic heterocycles. The molecule has 0 spiro atoms. The first-order valence-corrected chi connectivity index (χ1v) is 7.89. The summed E-state index contributed by atoms with van der Waals surface area (Å²) in [6, 6.07) is 20.8. The molecule has 5 heteroatoms. The van der Waals surface area contributed by atoms with Crippen molar-refractivity contribution in [1.29, 1.82) is 10.5 Å². The van der Waals surface area contributed by atoms with Gasteiger partial charge in [0.25, 0.3) is 0 Å². The van der Waals surface area contributed by atoms with Gasteiger partial charge in [-0.15, -0.1) is 0 Å². The van der Waals surface area contributed by atoms with E-state index in [2.05, 4.69) is 33.1 Å². The summed E-state index contributed by atoms with van der Waals surface area (Å²) in [4.78, 5) is 4.35. The third-order valence-electron chi connectivity index (χ3n) is 3.62. The molecule has 114 valence electrons. The summed E-state index contributed by atoms with van der Waals surface area (Å²) in [5.41, 5.74) is 10.0. The molecule has 0 unspecified atom stereocenters. The van der Waals surface area contributed by atoms with Gasteiger partial charge in [0.2, 0.25) is 0 Å². The third kappa shape index (κ3) is 2.99. The van der Waals surface area contributed by atoms with Crippen molar-refractivity contribution in [3.8, 4) is 34.5 Å². The Morgan fingerprint density at radius 2 is 1.50 bits per heavy atom. The summed E-state index contributed by atoms with van der Waals surface area (Å²) < 4.78 is 0.972. The lowest BCUT2D eigenvalue weighted by atomic mass is 9.98. The molecule has 0 saturated carbocycles. The van der Waals surface area contributed by atoms with Gasteiger partial charge >= 0.3 is 0 Å². The summed E-state index contributed by atoms with van der Waals surface area (Å²) >= 11 is 3.41. The number of nitrogens with two attached hydrogens (primary N) is 1. The first-order chi connectivity index (χ1) is 11.6. The number of nitrogens with zero attached hydrogens (tertiary/aromatic N) is 3. The van der Waals surface area contributed by atoms with Crippen molar-refractivity contribution in [3.63, 3.8) is 0 Å². The van der Waals surface area contributed by atoms with Crippen LogP contribution in [0.5, 0.6) is 0 Å². The normalized spacial score (nSPS) is 9.96. The number of anilines is 1. The van der Waals surface area contributed by atoms with Crippen molar-refractivity contribution in [1.82, 2.24) is 4.98 Å². The van der Waals surface area contributed by atoms with E-state index in [0.29, 0.717) is 22.4 Å². The Morgan fingerprint density at radius 1 is 0.875 bits per heavy atom. The van der Waals surface area contributed by atoms with Gasteiger partial charge in [0, 0.05) is 15.6 Å². The Morgan fingerprint density at radius 3 is 2.08 bits per heavy atom. The number of hydrogen-bond donors (Lipinski definition) is 1. The first-order valence-electron chi connectivity index (χ1n) is 7.09. The zero-order valence-corrected chi connectivity index (χ0v) is 14.1. The molecule has 0 atom stereocenters. The van der Waals surface area contributed by atoms with Gasteiger partial charge in [-0.3, -0.25) is 0 Å². The zero-order chi connectivity index (χ0) is 17.1. The summed E-state index contributed by atoms with van der Waals surface area (Å²) in [6.07, 6.45) is 0. The highest BCUT2D eigenvalue weighted by Gasteiger charge is 2.13. The van der Waals surface area contributed by atoms with Crippen LogP contribution in [0.3, 0.4) is 0 Å². The van der Waals surface area contributed by atoms with Crippen molar-refractivity contribution in [2.75, 3.05) is 5.73 Å². The van der Waals surface area contributed by atoms with Gasteiger partial charge in [-0.25, -0.2) is 4.98 Å². The Hall–Kier alpha value is -3.15. The SMILES string of the molecule is N#Cc1ccc(-c2cc(-c3ccc(Br)cc3)nc(N)c2C#N)cc1. The average molecular weight is 375 g/mol. The van der Waals surface area contributed by atoms with E-state index in [1.54, 1.807) is 24.3 Å². The minimum Gasteiger partial charge on any atom is -0.383 e. The van der Waals surface area contributed by atoms with Crippen LogP contribution in [0.2, 0.25) is 0 Å². The van der Waals surface area contributed by atoms with Crippen molar-refractivity contribution in [2.24, 2.45) is 0 Å². The molecule has 2 aromatic carbocycles. The number of benzene rings is 2. The van der Waals surface area contributed by atoms with Crippen molar-refractivity contribution < 1.29 is 0 Å². The van der Waals surface area contributed by atoms with Crippen molar-refractivity contribution >= 4 is 21.7 Å². The molecule has 2 N–H and O–H groups in total. The second kappa shape index (κ2) is 6.54. The molecule has 3 aromatic rings. The van der Waals surface area contributed by atoms with Crippen LogP contribution >= 0.6 is 15.9 Å². The van der Waals surface area contributed by atoms with E-state index < -0.39 is 0 Å². The highest BCUT2D eigenvalue weighted by atomic mass is 79.9. The highest BCUT2D eigenvalue weighted by Crippen LogP contribution is 2.31. The number of nitrogen functional groups attached to an aromatic ring is 1. The smallest absolute Gasteiger partial charge is 0.142 e. The van der Waals surface area contributed by atoms with Gasteiger partial charge in [-0.05, 0) is 35.9 Å². The van der Waals surface area contributed by atoms with Crippen LogP contribution < -0.4 is 5.73 Å².